The topological polar surface area (TPSA) is 157 Å². The minimum atomic E-state index is -4.22. The number of rotatable bonds is 15. The number of unbranched alkanes of at least 4 members (excludes halogenated alkanes) is 1. The van der Waals surface area contributed by atoms with Crippen molar-refractivity contribution in [2.45, 2.75) is 83.0 Å². The highest BCUT2D eigenvalue weighted by molar-refractivity contribution is 7.92. The molecule has 0 aliphatic heterocycles. The highest BCUT2D eigenvalue weighted by atomic mass is 32.2. The summed E-state index contributed by atoms with van der Waals surface area (Å²) in [5, 5.41) is 14.6. The van der Waals surface area contributed by atoms with E-state index in [1.807, 2.05) is 0 Å². The number of nitrogen functional groups attached to an aromatic ring is 1. The molecule has 5 N–H and O–H groups in total. The van der Waals surface area contributed by atoms with Gasteiger partial charge in [-0.3, -0.25) is 9.52 Å². The van der Waals surface area contributed by atoms with E-state index in [1.54, 1.807) is 24.3 Å². The van der Waals surface area contributed by atoms with Crippen molar-refractivity contribution in [3.05, 3.63) is 89.0 Å². The molecule has 4 rings (SSSR count). The summed E-state index contributed by atoms with van der Waals surface area (Å²) in [5.41, 5.74) is 8.39. The maximum absolute atomic E-state index is 13.4. The second-order valence-corrected chi connectivity index (χ2v) is 15.4. The molecule has 0 aliphatic rings. The number of anilines is 2. The molecule has 0 aromatic heterocycles. The molecule has 1 amide bonds. The van der Waals surface area contributed by atoms with E-state index in [1.165, 1.54) is 36.4 Å². The summed E-state index contributed by atoms with van der Waals surface area (Å²) in [5.74, 6) is -0.646. The van der Waals surface area contributed by atoms with Gasteiger partial charge in [-0.15, -0.1) is 0 Å². The lowest BCUT2D eigenvalue weighted by Crippen LogP contribution is -2.25. The van der Waals surface area contributed by atoms with E-state index in [0.29, 0.717) is 36.8 Å². The van der Waals surface area contributed by atoms with Crippen molar-refractivity contribution in [2.24, 2.45) is 0 Å². The minimum Gasteiger partial charge on any atom is -0.506 e. The number of benzene rings is 4. The number of nitrogens with one attached hydrogen (secondary N) is 2. The van der Waals surface area contributed by atoms with Gasteiger partial charge < -0.3 is 25.6 Å². The quantitative estimate of drug-likeness (QED) is 0.0425. The number of ether oxygens (including phenoxy) is 2. The second-order valence-electron chi connectivity index (χ2n) is 13.7. The number of sulfonamides is 1. The van der Waals surface area contributed by atoms with E-state index < -0.39 is 21.9 Å². The number of hydrogen-bond donors (Lipinski definition) is 4. The highest BCUT2D eigenvalue weighted by Gasteiger charge is 2.27. The van der Waals surface area contributed by atoms with Gasteiger partial charge in [-0.05, 0) is 72.4 Å². The number of methoxy groups -OCH3 is 1. The molecule has 0 atom stereocenters. The van der Waals surface area contributed by atoms with E-state index in [0.717, 1.165) is 24.7 Å². The smallest absolute Gasteiger partial charge is 0.339 e. The predicted octanol–water partition coefficient (Wildman–Crippen LogP) is 7.68. The van der Waals surface area contributed by atoms with Gasteiger partial charge in [0.1, 0.15) is 11.5 Å². The van der Waals surface area contributed by atoms with Crippen molar-refractivity contribution in [3.8, 4) is 11.5 Å². The lowest BCUT2D eigenvalue weighted by Gasteiger charge is -2.30. The monoisotopic (exact) mass is 703 g/mol. The lowest BCUT2D eigenvalue weighted by atomic mass is 9.76. The zero-order valence-corrected chi connectivity index (χ0v) is 30.8. The fourth-order valence-electron chi connectivity index (χ4n) is 5.53. The number of fused-ring (bicyclic) bond motifs is 1. The number of hydrogen-bond acceptors (Lipinski definition) is 8. The van der Waals surface area contributed by atoms with Gasteiger partial charge in [0.05, 0.1) is 35.4 Å². The molecular weight excluding hydrogens is 655 g/mol. The summed E-state index contributed by atoms with van der Waals surface area (Å²) in [4.78, 5) is 25.0. The maximum atomic E-state index is 13.4. The van der Waals surface area contributed by atoms with Crippen LogP contribution in [0.3, 0.4) is 0 Å². The zero-order valence-electron chi connectivity index (χ0n) is 30.0. The summed E-state index contributed by atoms with van der Waals surface area (Å²) in [6, 6.07) is 18.1. The molecule has 11 heteroatoms. The van der Waals surface area contributed by atoms with Gasteiger partial charge in [0.15, 0.2) is 0 Å². The van der Waals surface area contributed by atoms with Gasteiger partial charge in [-0.25, -0.2) is 13.2 Å². The van der Waals surface area contributed by atoms with Crippen LogP contribution in [0.2, 0.25) is 0 Å². The first-order valence-corrected chi connectivity index (χ1v) is 18.4. The number of phenols is 1. The molecule has 0 heterocycles. The van der Waals surface area contributed by atoms with Crippen LogP contribution in [0.4, 0.5) is 11.4 Å². The Morgan fingerprint density at radius 3 is 2.18 bits per heavy atom. The molecular formula is C39H49N3O7S. The first-order chi connectivity index (χ1) is 23.6. The Hall–Kier alpha value is -4.77. The molecule has 268 valence electrons. The Bertz CT molecular complexity index is 1990. The van der Waals surface area contributed by atoms with E-state index >= 15 is 0 Å². The molecule has 0 bridgehead atoms. The number of nitrogens with two attached hydrogens (primary N) is 1. The van der Waals surface area contributed by atoms with E-state index in [4.69, 9.17) is 10.5 Å². The van der Waals surface area contributed by atoms with Crippen molar-refractivity contribution < 1.29 is 32.6 Å². The molecule has 0 aliphatic carbocycles. The summed E-state index contributed by atoms with van der Waals surface area (Å²) in [6.45, 7) is 14.1. The van der Waals surface area contributed by atoms with Crippen molar-refractivity contribution >= 4 is 44.0 Å². The normalized spacial score (nSPS) is 12.1. The van der Waals surface area contributed by atoms with Crippen LogP contribution in [0.15, 0.2) is 71.6 Å². The Morgan fingerprint density at radius 1 is 0.860 bits per heavy atom. The summed E-state index contributed by atoms with van der Waals surface area (Å²) in [7, 11) is -3.02. The molecule has 4 aromatic rings. The first kappa shape index (κ1) is 38.0. The van der Waals surface area contributed by atoms with Crippen LogP contribution >= 0.6 is 0 Å². The number of aromatic hydroxyl groups is 1. The van der Waals surface area contributed by atoms with Crippen molar-refractivity contribution in [3.63, 3.8) is 0 Å². The van der Waals surface area contributed by atoms with Crippen LogP contribution in [-0.2, 0) is 25.6 Å². The summed E-state index contributed by atoms with van der Waals surface area (Å²) in [6.07, 6.45) is 3.30. The number of carbonyl (C=O) groups is 2. The molecule has 0 radical (unpaired) electrons. The molecule has 50 heavy (non-hydrogen) atoms. The van der Waals surface area contributed by atoms with Gasteiger partial charge in [0.25, 0.3) is 15.9 Å². The largest absolute Gasteiger partial charge is 0.506 e. The predicted molar refractivity (Wildman–Crippen MR) is 199 cm³/mol. The van der Waals surface area contributed by atoms with Crippen LogP contribution in [-0.4, -0.2) is 45.7 Å². The molecule has 0 saturated carbocycles. The van der Waals surface area contributed by atoms with Crippen LogP contribution in [0.25, 0.3) is 10.8 Å². The molecule has 4 aromatic carbocycles. The number of amides is 1. The number of carbonyl (C=O) groups excluding carboxylic acids is 2. The first-order valence-electron chi connectivity index (χ1n) is 16.9. The van der Waals surface area contributed by atoms with E-state index in [-0.39, 0.29) is 44.0 Å². The average Bonchev–Trinajstić information content (AvgIpc) is 3.10. The van der Waals surface area contributed by atoms with Gasteiger partial charge in [-0.1, -0.05) is 77.9 Å². The third kappa shape index (κ3) is 8.33. The van der Waals surface area contributed by atoms with E-state index in [2.05, 4.69) is 74.5 Å². The van der Waals surface area contributed by atoms with Crippen LogP contribution in [0, 0.1) is 0 Å². The molecule has 0 unspecified atom stereocenters. The van der Waals surface area contributed by atoms with Gasteiger partial charge in [0.2, 0.25) is 0 Å². The standard InChI is InChI=1S/C39H49N3O7S/c1-8-38(3,4)25-16-19-34(31(22-25)39(5,6)9-2)49-21-13-12-20-41-36(44)30-24-33(27-14-10-11-15-28(27)35(30)43)42-50(46,47)26-17-18-29(32(40)23-26)37(45)48-7/h10-11,14-19,22-24,42-43H,8-9,12-13,20-21,40H2,1-7H3,(H,41,44). The fourth-order valence-corrected chi connectivity index (χ4v) is 6.64. The Balaban J connectivity index is 1.45. The third-order valence-electron chi connectivity index (χ3n) is 9.62. The van der Waals surface area contributed by atoms with Crippen molar-refractivity contribution in [1.82, 2.24) is 5.32 Å². The minimum absolute atomic E-state index is 0.0300. The third-order valence-corrected chi connectivity index (χ3v) is 11.0. The Kier molecular flexibility index (Phi) is 11.7. The van der Waals surface area contributed by atoms with Crippen LogP contribution in [0.5, 0.6) is 11.5 Å². The number of esters is 1. The van der Waals surface area contributed by atoms with Gasteiger partial charge >= 0.3 is 5.97 Å². The van der Waals surface area contributed by atoms with Gasteiger partial charge in [0, 0.05) is 28.6 Å². The average molecular weight is 704 g/mol. The molecule has 0 saturated heterocycles. The molecule has 0 spiro atoms. The molecule has 10 nitrogen and oxygen atoms in total. The van der Waals surface area contributed by atoms with Crippen molar-refractivity contribution in [2.75, 3.05) is 30.7 Å². The zero-order chi connectivity index (χ0) is 36.9. The summed E-state index contributed by atoms with van der Waals surface area (Å²) >= 11 is 0. The molecule has 0 fully saturated rings. The Morgan fingerprint density at radius 2 is 1.54 bits per heavy atom. The van der Waals surface area contributed by atoms with Crippen molar-refractivity contribution in [1.29, 1.82) is 0 Å². The van der Waals surface area contributed by atoms with E-state index in [9.17, 15) is 23.1 Å². The van der Waals surface area contributed by atoms with Crippen LogP contribution < -0.4 is 20.5 Å². The second kappa shape index (κ2) is 15.4. The lowest BCUT2D eigenvalue weighted by molar-refractivity contribution is 0.0601. The van der Waals surface area contributed by atoms with Crippen LogP contribution in [0.1, 0.15) is 99.1 Å². The highest BCUT2D eigenvalue weighted by Crippen LogP contribution is 2.39. The Labute approximate surface area is 295 Å². The SMILES string of the molecule is CCC(C)(C)c1ccc(OCCCCNC(=O)c2cc(NS(=O)(=O)c3ccc(C(=O)OC)c(N)c3)c3ccccc3c2O)c(C(C)(C)CC)c1. The van der Waals surface area contributed by atoms with Gasteiger partial charge in [-0.2, -0.15) is 0 Å². The number of phenolic OH excluding ortho intramolecular Hbond substituents is 1. The fraction of sp³-hybridized carbons (Fsp3) is 0.385. The summed E-state index contributed by atoms with van der Waals surface area (Å²) < 4.78 is 40.3. The maximum Gasteiger partial charge on any atom is 0.339 e.